The van der Waals surface area contributed by atoms with Gasteiger partial charge in [0.1, 0.15) is 0 Å². The van der Waals surface area contributed by atoms with E-state index >= 15 is 0 Å². The Hall–Kier alpha value is -1.52. The highest BCUT2D eigenvalue weighted by molar-refractivity contribution is 5.73. The van der Waals surface area contributed by atoms with Gasteiger partial charge < -0.3 is 10.6 Å². The zero-order valence-corrected chi connectivity index (χ0v) is 8.79. The van der Waals surface area contributed by atoms with Crippen LogP contribution in [0, 0.1) is 6.92 Å². The molecule has 1 rings (SSSR count). The summed E-state index contributed by atoms with van der Waals surface area (Å²) in [6.07, 6.45) is 1.90. The lowest BCUT2D eigenvalue weighted by atomic mass is 10.3. The molecule has 2 N–H and O–H groups in total. The number of urea groups is 1. The van der Waals surface area contributed by atoms with Gasteiger partial charge in [-0.25, -0.2) is 4.79 Å². The fourth-order valence-electron chi connectivity index (χ4n) is 1.22. The third kappa shape index (κ3) is 2.76. The van der Waals surface area contributed by atoms with E-state index in [0.29, 0.717) is 13.1 Å². The highest BCUT2D eigenvalue weighted by Crippen LogP contribution is 2.03. The smallest absolute Gasteiger partial charge is 0.315 e. The van der Waals surface area contributed by atoms with Crippen molar-refractivity contribution in [2.45, 2.75) is 20.4 Å². The van der Waals surface area contributed by atoms with Crippen LogP contribution in [0.1, 0.15) is 18.2 Å². The fraction of sp³-hybridized carbons (Fsp3) is 0.556. The maximum absolute atomic E-state index is 11.1. The molecule has 0 saturated carbocycles. The Bertz CT molecular complexity index is 319. The third-order valence-electron chi connectivity index (χ3n) is 1.89. The minimum Gasteiger partial charge on any atom is -0.338 e. The van der Waals surface area contributed by atoms with Crippen LogP contribution < -0.4 is 10.6 Å². The quantitative estimate of drug-likeness (QED) is 0.741. The van der Waals surface area contributed by atoms with Gasteiger partial charge in [-0.3, -0.25) is 4.68 Å². The maximum atomic E-state index is 11.1. The molecule has 0 radical (unpaired) electrons. The summed E-state index contributed by atoms with van der Waals surface area (Å²) in [6.45, 7) is 4.97. The number of amides is 2. The topological polar surface area (TPSA) is 59.0 Å². The Morgan fingerprint density at radius 3 is 2.79 bits per heavy atom. The van der Waals surface area contributed by atoms with Gasteiger partial charge in [0.2, 0.25) is 0 Å². The Kier molecular flexibility index (Phi) is 3.50. The highest BCUT2D eigenvalue weighted by atomic mass is 16.2. The first-order valence-electron chi connectivity index (χ1n) is 4.64. The SMILES string of the molecule is CCNC(=O)NCc1cn(C)nc1C. The number of nitrogens with zero attached hydrogens (tertiary/aromatic N) is 2. The second-order valence-corrected chi connectivity index (χ2v) is 3.13. The van der Waals surface area contributed by atoms with E-state index in [4.69, 9.17) is 0 Å². The first kappa shape index (κ1) is 10.6. The standard InChI is InChI=1S/C9H16N4O/c1-4-10-9(14)11-5-8-6-13(3)12-7(8)2/h6H,4-5H2,1-3H3,(H2,10,11,14). The molecule has 0 saturated heterocycles. The monoisotopic (exact) mass is 196 g/mol. The Morgan fingerprint density at radius 1 is 1.57 bits per heavy atom. The lowest BCUT2D eigenvalue weighted by Crippen LogP contribution is -2.34. The van der Waals surface area contributed by atoms with Crippen molar-refractivity contribution in [3.8, 4) is 0 Å². The molecule has 1 aromatic heterocycles. The van der Waals surface area contributed by atoms with Crippen molar-refractivity contribution in [2.75, 3.05) is 6.54 Å². The zero-order valence-electron chi connectivity index (χ0n) is 8.79. The summed E-state index contributed by atoms with van der Waals surface area (Å²) in [7, 11) is 1.86. The van der Waals surface area contributed by atoms with Crippen LogP contribution in [0.4, 0.5) is 4.79 Å². The molecule has 1 aromatic rings. The second kappa shape index (κ2) is 4.64. The number of aromatic nitrogens is 2. The van der Waals surface area contributed by atoms with Crippen LogP contribution in [-0.4, -0.2) is 22.4 Å². The van der Waals surface area contributed by atoms with Crippen molar-refractivity contribution in [1.29, 1.82) is 0 Å². The molecule has 14 heavy (non-hydrogen) atoms. The molecule has 2 amide bonds. The highest BCUT2D eigenvalue weighted by Gasteiger charge is 2.04. The number of carbonyl (C=O) groups is 1. The van der Waals surface area contributed by atoms with Crippen LogP contribution in [-0.2, 0) is 13.6 Å². The molecule has 5 nitrogen and oxygen atoms in total. The summed E-state index contributed by atoms with van der Waals surface area (Å²) in [4.78, 5) is 11.1. The van der Waals surface area contributed by atoms with E-state index in [1.807, 2.05) is 27.1 Å². The fourth-order valence-corrected chi connectivity index (χ4v) is 1.22. The predicted octanol–water partition coefficient (Wildman–Crippen LogP) is 0.548. The number of nitrogens with one attached hydrogen (secondary N) is 2. The van der Waals surface area contributed by atoms with Gasteiger partial charge in [0.25, 0.3) is 0 Å². The predicted molar refractivity (Wildman–Crippen MR) is 53.9 cm³/mol. The molecule has 5 heteroatoms. The molecule has 78 valence electrons. The number of rotatable bonds is 3. The van der Waals surface area contributed by atoms with Gasteiger partial charge in [-0.15, -0.1) is 0 Å². The Balaban J connectivity index is 2.45. The van der Waals surface area contributed by atoms with Crippen LogP contribution in [0.15, 0.2) is 6.20 Å². The Labute approximate surface area is 83.5 Å². The van der Waals surface area contributed by atoms with E-state index in [2.05, 4.69) is 15.7 Å². The van der Waals surface area contributed by atoms with Gasteiger partial charge in [0, 0.05) is 31.9 Å². The van der Waals surface area contributed by atoms with Crippen molar-refractivity contribution in [1.82, 2.24) is 20.4 Å². The normalized spacial score (nSPS) is 9.93. The third-order valence-corrected chi connectivity index (χ3v) is 1.89. The average molecular weight is 196 g/mol. The van der Waals surface area contributed by atoms with Crippen LogP contribution in [0.5, 0.6) is 0 Å². The lowest BCUT2D eigenvalue weighted by Gasteiger charge is -2.04. The van der Waals surface area contributed by atoms with Crippen molar-refractivity contribution >= 4 is 6.03 Å². The van der Waals surface area contributed by atoms with Crippen LogP contribution in [0.2, 0.25) is 0 Å². The van der Waals surface area contributed by atoms with E-state index in [1.54, 1.807) is 4.68 Å². The second-order valence-electron chi connectivity index (χ2n) is 3.13. The molecule has 0 fully saturated rings. The zero-order chi connectivity index (χ0) is 10.6. The van der Waals surface area contributed by atoms with Gasteiger partial charge >= 0.3 is 6.03 Å². The summed E-state index contributed by atoms with van der Waals surface area (Å²) in [5, 5.41) is 9.60. The number of hydrogen-bond acceptors (Lipinski definition) is 2. The Morgan fingerprint density at radius 2 is 2.29 bits per heavy atom. The van der Waals surface area contributed by atoms with E-state index in [9.17, 15) is 4.79 Å². The van der Waals surface area contributed by atoms with Gasteiger partial charge in [0.15, 0.2) is 0 Å². The number of hydrogen-bond donors (Lipinski definition) is 2. The van der Waals surface area contributed by atoms with Crippen molar-refractivity contribution in [2.24, 2.45) is 7.05 Å². The summed E-state index contributed by atoms with van der Waals surface area (Å²) in [5.74, 6) is 0. The number of carbonyl (C=O) groups excluding carboxylic acids is 1. The first-order chi connectivity index (χ1) is 6.63. The molecular formula is C9H16N4O. The summed E-state index contributed by atoms with van der Waals surface area (Å²) in [5.41, 5.74) is 1.99. The van der Waals surface area contributed by atoms with E-state index in [1.165, 1.54) is 0 Å². The maximum Gasteiger partial charge on any atom is 0.315 e. The summed E-state index contributed by atoms with van der Waals surface area (Å²) >= 11 is 0. The van der Waals surface area contributed by atoms with Gasteiger partial charge in [-0.05, 0) is 13.8 Å². The van der Waals surface area contributed by atoms with E-state index in [0.717, 1.165) is 11.3 Å². The molecule has 0 spiro atoms. The molecule has 0 aromatic carbocycles. The molecule has 0 unspecified atom stereocenters. The van der Waals surface area contributed by atoms with E-state index in [-0.39, 0.29) is 6.03 Å². The van der Waals surface area contributed by atoms with Crippen molar-refractivity contribution < 1.29 is 4.79 Å². The molecule has 0 bridgehead atoms. The summed E-state index contributed by atoms with van der Waals surface area (Å²) < 4.78 is 1.74. The minimum atomic E-state index is -0.143. The van der Waals surface area contributed by atoms with Crippen molar-refractivity contribution in [3.63, 3.8) is 0 Å². The molecule has 0 aliphatic carbocycles. The minimum absolute atomic E-state index is 0.143. The first-order valence-corrected chi connectivity index (χ1v) is 4.64. The molecular weight excluding hydrogens is 180 g/mol. The van der Waals surface area contributed by atoms with Crippen LogP contribution >= 0.6 is 0 Å². The van der Waals surface area contributed by atoms with Gasteiger partial charge in [0.05, 0.1) is 5.69 Å². The largest absolute Gasteiger partial charge is 0.338 e. The van der Waals surface area contributed by atoms with Crippen LogP contribution in [0.25, 0.3) is 0 Å². The van der Waals surface area contributed by atoms with Crippen LogP contribution in [0.3, 0.4) is 0 Å². The molecule has 1 heterocycles. The number of aryl methyl sites for hydroxylation is 2. The lowest BCUT2D eigenvalue weighted by molar-refractivity contribution is 0.241. The van der Waals surface area contributed by atoms with Crippen molar-refractivity contribution in [3.05, 3.63) is 17.5 Å². The van der Waals surface area contributed by atoms with Gasteiger partial charge in [-0.2, -0.15) is 5.10 Å². The van der Waals surface area contributed by atoms with E-state index < -0.39 is 0 Å². The molecule has 0 aliphatic heterocycles. The average Bonchev–Trinajstić information content (AvgIpc) is 2.42. The molecule has 0 atom stereocenters. The van der Waals surface area contributed by atoms with Gasteiger partial charge in [-0.1, -0.05) is 0 Å². The molecule has 0 aliphatic rings. The summed E-state index contributed by atoms with van der Waals surface area (Å²) in [6, 6.07) is -0.143.